The maximum atomic E-state index is 9.63. The number of hydrogen-bond donors (Lipinski definition) is 2. The molecule has 0 saturated heterocycles. The van der Waals surface area contributed by atoms with Crippen molar-refractivity contribution in [2.75, 3.05) is 11.9 Å². The van der Waals surface area contributed by atoms with E-state index in [1.54, 1.807) is 0 Å². The van der Waals surface area contributed by atoms with Crippen LogP contribution in [0.1, 0.15) is 31.2 Å². The second-order valence-corrected chi connectivity index (χ2v) is 5.78. The lowest BCUT2D eigenvalue weighted by molar-refractivity contribution is 0.105. The average molecular weight is 309 g/mol. The van der Waals surface area contributed by atoms with Gasteiger partial charge in [-0.15, -0.1) is 0 Å². The van der Waals surface area contributed by atoms with E-state index in [0.29, 0.717) is 11.5 Å². The van der Waals surface area contributed by atoms with E-state index in [4.69, 9.17) is 5.26 Å². The molecular formula is C14H17BrN2O. The summed E-state index contributed by atoms with van der Waals surface area (Å²) in [4.78, 5) is 0. The highest BCUT2D eigenvalue weighted by Gasteiger charge is 2.20. The first-order chi connectivity index (χ1) is 8.69. The fraction of sp³-hybridized carbons (Fsp3) is 0.500. The van der Waals surface area contributed by atoms with Gasteiger partial charge in [-0.25, -0.2) is 0 Å². The van der Waals surface area contributed by atoms with Crippen LogP contribution in [0.5, 0.6) is 0 Å². The Labute approximate surface area is 116 Å². The van der Waals surface area contributed by atoms with Crippen molar-refractivity contribution >= 4 is 21.6 Å². The van der Waals surface area contributed by atoms with E-state index in [1.165, 1.54) is 0 Å². The van der Waals surface area contributed by atoms with E-state index in [1.807, 2.05) is 18.2 Å². The van der Waals surface area contributed by atoms with Gasteiger partial charge in [0, 0.05) is 11.0 Å². The molecule has 0 aliphatic heterocycles. The number of nitrogens with one attached hydrogen (secondary N) is 1. The molecule has 96 valence electrons. The number of halogens is 1. The van der Waals surface area contributed by atoms with Crippen LogP contribution in [0, 0.1) is 17.2 Å². The van der Waals surface area contributed by atoms with Crippen molar-refractivity contribution in [3.8, 4) is 6.07 Å². The average Bonchev–Trinajstić information content (AvgIpc) is 2.37. The Kier molecular flexibility index (Phi) is 4.62. The molecule has 1 aliphatic carbocycles. The highest BCUT2D eigenvalue weighted by atomic mass is 79.9. The zero-order valence-electron chi connectivity index (χ0n) is 10.2. The molecule has 1 saturated carbocycles. The van der Waals surface area contributed by atoms with Crippen molar-refractivity contribution < 1.29 is 5.11 Å². The van der Waals surface area contributed by atoms with Gasteiger partial charge in [0.05, 0.1) is 17.4 Å². The molecule has 3 nitrogen and oxygen atoms in total. The van der Waals surface area contributed by atoms with Gasteiger partial charge in [-0.1, -0.05) is 22.4 Å². The minimum atomic E-state index is -0.147. The first kappa shape index (κ1) is 13.4. The van der Waals surface area contributed by atoms with Gasteiger partial charge in [0.25, 0.3) is 0 Å². The van der Waals surface area contributed by atoms with Crippen LogP contribution in [-0.4, -0.2) is 17.8 Å². The standard InChI is InChI=1S/C14H17BrN2O/c15-12-4-5-14(11(7-12)8-16)17-9-10-2-1-3-13(18)6-10/h4-5,7,10,13,17-18H,1-3,6,9H2. The molecule has 1 aromatic rings. The van der Waals surface area contributed by atoms with Gasteiger partial charge in [-0.3, -0.25) is 0 Å². The van der Waals surface area contributed by atoms with Crippen LogP contribution in [0.3, 0.4) is 0 Å². The quantitative estimate of drug-likeness (QED) is 0.901. The van der Waals surface area contributed by atoms with Gasteiger partial charge >= 0.3 is 0 Å². The SMILES string of the molecule is N#Cc1cc(Br)ccc1NCC1CCCC(O)C1. The number of hydrogen-bond acceptors (Lipinski definition) is 3. The van der Waals surface area contributed by atoms with Crippen LogP contribution in [-0.2, 0) is 0 Å². The van der Waals surface area contributed by atoms with Crippen LogP contribution < -0.4 is 5.32 Å². The predicted octanol–water partition coefficient (Wildman–Crippen LogP) is 3.28. The topological polar surface area (TPSA) is 56.0 Å². The molecule has 18 heavy (non-hydrogen) atoms. The molecule has 0 radical (unpaired) electrons. The Morgan fingerprint density at radius 1 is 1.44 bits per heavy atom. The number of anilines is 1. The zero-order chi connectivity index (χ0) is 13.0. The van der Waals surface area contributed by atoms with Gasteiger partial charge in [-0.2, -0.15) is 5.26 Å². The molecular weight excluding hydrogens is 292 g/mol. The predicted molar refractivity (Wildman–Crippen MR) is 75.3 cm³/mol. The monoisotopic (exact) mass is 308 g/mol. The van der Waals surface area contributed by atoms with Crippen LogP contribution in [0.15, 0.2) is 22.7 Å². The fourth-order valence-corrected chi connectivity index (χ4v) is 2.83. The largest absolute Gasteiger partial charge is 0.393 e. The summed E-state index contributed by atoms with van der Waals surface area (Å²) in [5.74, 6) is 0.504. The minimum Gasteiger partial charge on any atom is -0.393 e. The van der Waals surface area contributed by atoms with Crippen LogP contribution >= 0.6 is 15.9 Å². The number of nitriles is 1. The fourth-order valence-electron chi connectivity index (χ4n) is 2.47. The van der Waals surface area contributed by atoms with E-state index in [2.05, 4.69) is 27.3 Å². The van der Waals surface area contributed by atoms with Gasteiger partial charge in [0.15, 0.2) is 0 Å². The molecule has 2 atom stereocenters. The first-order valence-corrected chi connectivity index (χ1v) is 7.10. The summed E-state index contributed by atoms with van der Waals surface area (Å²) in [6.07, 6.45) is 3.90. The molecule has 0 spiro atoms. The number of nitrogens with zero attached hydrogens (tertiary/aromatic N) is 1. The summed E-state index contributed by atoms with van der Waals surface area (Å²) in [6.45, 7) is 0.827. The lowest BCUT2D eigenvalue weighted by atomic mass is 9.87. The number of aliphatic hydroxyl groups is 1. The van der Waals surface area contributed by atoms with Gasteiger partial charge in [0.1, 0.15) is 6.07 Å². The van der Waals surface area contributed by atoms with E-state index < -0.39 is 0 Å². The third-order valence-corrected chi connectivity index (χ3v) is 3.93. The summed E-state index contributed by atoms with van der Waals surface area (Å²) in [5, 5.41) is 22.0. The lowest BCUT2D eigenvalue weighted by Crippen LogP contribution is -2.25. The van der Waals surface area contributed by atoms with Crippen molar-refractivity contribution in [2.24, 2.45) is 5.92 Å². The number of rotatable bonds is 3. The van der Waals surface area contributed by atoms with Crippen LogP contribution in [0.2, 0.25) is 0 Å². The molecule has 1 aliphatic rings. The molecule has 2 unspecified atom stereocenters. The normalized spacial score (nSPS) is 23.4. The van der Waals surface area contributed by atoms with E-state index in [-0.39, 0.29) is 6.10 Å². The van der Waals surface area contributed by atoms with Gasteiger partial charge in [0.2, 0.25) is 0 Å². The van der Waals surface area contributed by atoms with E-state index in [0.717, 1.165) is 42.4 Å². The summed E-state index contributed by atoms with van der Waals surface area (Å²) in [5.41, 5.74) is 1.53. The lowest BCUT2D eigenvalue weighted by Gasteiger charge is -2.26. The Morgan fingerprint density at radius 3 is 3.00 bits per heavy atom. The minimum absolute atomic E-state index is 0.147. The molecule has 0 heterocycles. The molecule has 0 bridgehead atoms. The third kappa shape index (κ3) is 3.47. The van der Waals surface area contributed by atoms with Crippen molar-refractivity contribution in [1.82, 2.24) is 0 Å². The third-order valence-electron chi connectivity index (χ3n) is 3.44. The maximum absolute atomic E-state index is 9.63. The number of benzene rings is 1. The van der Waals surface area contributed by atoms with Crippen molar-refractivity contribution in [3.63, 3.8) is 0 Å². The zero-order valence-corrected chi connectivity index (χ0v) is 11.8. The molecule has 0 aromatic heterocycles. The second-order valence-electron chi connectivity index (χ2n) is 4.87. The van der Waals surface area contributed by atoms with Crippen molar-refractivity contribution in [3.05, 3.63) is 28.2 Å². The van der Waals surface area contributed by atoms with Crippen molar-refractivity contribution in [2.45, 2.75) is 31.8 Å². The second kappa shape index (κ2) is 6.21. The molecule has 2 N–H and O–H groups in total. The number of aliphatic hydroxyl groups excluding tert-OH is 1. The van der Waals surface area contributed by atoms with Gasteiger partial charge < -0.3 is 10.4 Å². The van der Waals surface area contributed by atoms with Gasteiger partial charge in [-0.05, 0) is 43.4 Å². The molecule has 0 amide bonds. The van der Waals surface area contributed by atoms with E-state index in [9.17, 15) is 5.11 Å². The van der Waals surface area contributed by atoms with Crippen LogP contribution in [0.4, 0.5) is 5.69 Å². The molecule has 1 fully saturated rings. The molecule has 1 aromatic carbocycles. The highest BCUT2D eigenvalue weighted by molar-refractivity contribution is 9.10. The summed E-state index contributed by atoms with van der Waals surface area (Å²) < 4.78 is 0.915. The first-order valence-electron chi connectivity index (χ1n) is 6.30. The van der Waals surface area contributed by atoms with Crippen LogP contribution in [0.25, 0.3) is 0 Å². The van der Waals surface area contributed by atoms with E-state index >= 15 is 0 Å². The molecule has 2 rings (SSSR count). The Morgan fingerprint density at radius 2 is 2.28 bits per heavy atom. The maximum Gasteiger partial charge on any atom is 0.101 e. The summed E-state index contributed by atoms with van der Waals surface area (Å²) in [7, 11) is 0. The Balaban J connectivity index is 1.96. The summed E-state index contributed by atoms with van der Waals surface area (Å²) >= 11 is 3.36. The highest BCUT2D eigenvalue weighted by Crippen LogP contribution is 2.26. The molecule has 4 heteroatoms. The Bertz CT molecular complexity index is 456. The smallest absolute Gasteiger partial charge is 0.101 e. The Hall–Kier alpha value is -1.05. The van der Waals surface area contributed by atoms with Crippen molar-refractivity contribution in [1.29, 1.82) is 5.26 Å². The summed E-state index contributed by atoms with van der Waals surface area (Å²) in [6, 6.07) is 7.86.